The van der Waals surface area contributed by atoms with E-state index in [4.69, 9.17) is 5.73 Å². The van der Waals surface area contributed by atoms with Crippen LogP contribution in [0.5, 0.6) is 0 Å². The number of hydrogen-bond donors (Lipinski definition) is 2. The number of nitrogens with two attached hydrogens (primary N) is 1. The number of carboxylic acids is 1. The van der Waals surface area contributed by atoms with Gasteiger partial charge in [-0.05, 0) is 24.5 Å². The van der Waals surface area contributed by atoms with E-state index in [9.17, 15) is 23.1 Å². The van der Waals surface area contributed by atoms with Crippen molar-refractivity contribution in [2.24, 2.45) is 5.73 Å². The van der Waals surface area contributed by atoms with Gasteiger partial charge in [0, 0.05) is 6.04 Å². The van der Waals surface area contributed by atoms with Crippen molar-refractivity contribution in [2.75, 3.05) is 0 Å². The van der Waals surface area contributed by atoms with Crippen molar-refractivity contribution in [3.63, 3.8) is 0 Å². The van der Waals surface area contributed by atoms with E-state index in [1.54, 1.807) is 0 Å². The Labute approximate surface area is 101 Å². The molecular formula is C12H12F3NO2. The third-order valence-corrected chi connectivity index (χ3v) is 3.38. The van der Waals surface area contributed by atoms with Crippen LogP contribution in [0.4, 0.5) is 13.2 Å². The fourth-order valence-corrected chi connectivity index (χ4v) is 2.49. The first-order chi connectivity index (χ1) is 8.27. The van der Waals surface area contributed by atoms with E-state index < -0.39 is 23.1 Å². The van der Waals surface area contributed by atoms with Crippen molar-refractivity contribution < 1.29 is 23.1 Å². The van der Waals surface area contributed by atoms with Crippen LogP contribution in [-0.2, 0) is 16.4 Å². The fourth-order valence-electron chi connectivity index (χ4n) is 2.49. The first-order valence-corrected chi connectivity index (χ1v) is 5.43. The molecule has 18 heavy (non-hydrogen) atoms. The number of rotatable bonds is 2. The van der Waals surface area contributed by atoms with E-state index in [0.29, 0.717) is 0 Å². The molecule has 3 nitrogen and oxygen atoms in total. The van der Waals surface area contributed by atoms with Crippen LogP contribution in [0, 0.1) is 0 Å². The molecule has 1 aromatic rings. The summed E-state index contributed by atoms with van der Waals surface area (Å²) in [6.45, 7) is 0. The lowest BCUT2D eigenvalue weighted by atomic mass is 9.61. The second-order valence-corrected chi connectivity index (χ2v) is 4.60. The molecule has 98 valence electrons. The van der Waals surface area contributed by atoms with E-state index in [0.717, 1.165) is 6.07 Å². The molecule has 0 spiro atoms. The van der Waals surface area contributed by atoms with E-state index >= 15 is 0 Å². The molecule has 0 aliphatic heterocycles. The van der Waals surface area contributed by atoms with Crippen LogP contribution in [0.15, 0.2) is 24.3 Å². The maximum absolute atomic E-state index is 12.9. The molecule has 0 bridgehead atoms. The van der Waals surface area contributed by atoms with Gasteiger partial charge in [-0.2, -0.15) is 13.2 Å². The third kappa shape index (κ3) is 1.86. The molecule has 0 aromatic heterocycles. The van der Waals surface area contributed by atoms with Gasteiger partial charge >= 0.3 is 12.1 Å². The zero-order valence-electron chi connectivity index (χ0n) is 9.37. The Hall–Kier alpha value is -1.56. The maximum Gasteiger partial charge on any atom is 0.416 e. The highest BCUT2D eigenvalue weighted by Crippen LogP contribution is 2.47. The van der Waals surface area contributed by atoms with Crippen LogP contribution >= 0.6 is 0 Å². The van der Waals surface area contributed by atoms with Gasteiger partial charge in [-0.3, -0.25) is 4.79 Å². The molecule has 3 N–H and O–H groups in total. The van der Waals surface area contributed by atoms with Gasteiger partial charge in [0.15, 0.2) is 0 Å². The average Bonchev–Trinajstić information content (AvgIpc) is 2.23. The summed E-state index contributed by atoms with van der Waals surface area (Å²) in [6, 6.07) is 4.44. The van der Waals surface area contributed by atoms with Crippen molar-refractivity contribution >= 4 is 5.97 Å². The quantitative estimate of drug-likeness (QED) is 0.855. The Morgan fingerprint density at radius 2 is 1.89 bits per heavy atom. The number of benzene rings is 1. The summed E-state index contributed by atoms with van der Waals surface area (Å²) in [5, 5.41) is 9.22. The van der Waals surface area contributed by atoms with Gasteiger partial charge in [-0.15, -0.1) is 0 Å². The Morgan fingerprint density at radius 1 is 1.33 bits per heavy atom. The summed E-state index contributed by atoms with van der Waals surface area (Å²) in [6.07, 6.45) is -4.48. The molecule has 0 heterocycles. The molecule has 0 saturated heterocycles. The first kappa shape index (κ1) is 12.9. The summed E-state index contributed by atoms with van der Waals surface area (Å²) in [5.74, 6) is -1.25. The SMILES string of the molecule is NC1CC(C(=O)O)(c2ccccc2C(F)(F)F)C1. The zero-order valence-corrected chi connectivity index (χ0v) is 9.37. The van der Waals surface area contributed by atoms with E-state index in [2.05, 4.69) is 0 Å². The fraction of sp³-hybridized carbons (Fsp3) is 0.417. The van der Waals surface area contributed by atoms with Crippen molar-refractivity contribution in [3.8, 4) is 0 Å². The predicted molar refractivity (Wildman–Crippen MR) is 58.0 cm³/mol. The van der Waals surface area contributed by atoms with Gasteiger partial charge < -0.3 is 10.8 Å². The van der Waals surface area contributed by atoms with E-state index in [1.165, 1.54) is 18.2 Å². The number of carbonyl (C=O) groups is 1. The van der Waals surface area contributed by atoms with Gasteiger partial charge in [0.25, 0.3) is 0 Å². The topological polar surface area (TPSA) is 63.3 Å². The first-order valence-electron chi connectivity index (χ1n) is 5.43. The lowest BCUT2D eigenvalue weighted by Crippen LogP contribution is -2.54. The van der Waals surface area contributed by atoms with Crippen molar-refractivity contribution in [1.29, 1.82) is 0 Å². The summed E-state index contributed by atoms with van der Waals surface area (Å²) >= 11 is 0. The molecule has 1 aromatic carbocycles. The van der Waals surface area contributed by atoms with Gasteiger partial charge in [0.05, 0.1) is 11.0 Å². The number of aliphatic carboxylic acids is 1. The Morgan fingerprint density at radius 3 is 2.33 bits per heavy atom. The Kier molecular flexibility index (Phi) is 2.85. The average molecular weight is 259 g/mol. The van der Waals surface area contributed by atoms with Crippen LogP contribution in [0.25, 0.3) is 0 Å². The van der Waals surface area contributed by atoms with Gasteiger partial charge in [-0.1, -0.05) is 18.2 Å². The van der Waals surface area contributed by atoms with Crippen LogP contribution < -0.4 is 5.73 Å². The Bertz CT molecular complexity index is 478. The number of hydrogen-bond acceptors (Lipinski definition) is 2. The van der Waals surface area contributed by atoms with Gasteiger partial charge in [-0.25, -0.2) is 0 Å². The van der Waals surface area contributed by atoms with Crippen molar-refractivity contribution in [1.82, 2.24) is 0 Å². The standard InChI is InChI=1S/C12H12F3NO2/c13-12(14,15)9-4-2-1-3-8(9)11(10(17)18)5-7(16)6-11/h1-4,7H,5-6,16H2,(H,17,18). The highest BCUT2D eigenvalue weighted by atomic mass is 19.4. The smallest absolute Gasteiger partial charge is 0.416 e. The Balaban J connectivity index is 2.54. The van der Waals surface area contributed by atoms with Crippen LogP contribution in [-0.4, -0.2) is 17.1 Å². The summed E-state index contributed by atoms with van der Waals surface area (Å²) in [7, 11) is 0. The summed E-state index contributed by atoms with van der Waals surface area (Å²) < 4.78 is 38.6. The molecule has 0 amide bonds. The van der Waals surface area contributed by atoms with Gasteiger partial charge in [0.2, 0.25) is 0 Å². The lowest BCUT2D eigenvalue weighted by molar-refractivity contribution is -0.150. The van der Waals surface area contributed by atoms with Crippen molar-refractivity contribution in [2.45, 2.75) is 30.5 Å². The number of carboxylic acid groups (broad SMARTS) is 1. The van der Waals surface area contributed by atoms with E-state index in [1.807, 2.05) is 0 Å². The molecule has 0 radical (unpaired) electrons. The number of alkyl halides is 3. The molecule has 2 rings (SSSR count). The number of halogens is 3. The summed E-state index contributed by atoms with van der Waals surface area (Å²) in [5.41, 5.74) is 2.97. The zero-order chi connectivity index (χ0) is 13.6. The third-order valence-electron chi connectivity index (χ3n) is 3.38. The second-order valence-electron chi connectivity index (χ2n) is 4.60. The van der Waals surface area contributed by atoms with Crippen molar-refractivity contribution in [3.05, 3.63) is 35.4 Å². The minimum Gasteiger partial charge on any atom is -0.481 e. The highest BCUT2D eigenvalue weighted by molar-refractivity contribution is 5.83. The molecule has 6 heteroatoms. The second kappa shape index (κ2) is 3.98. The largest absolute Gasteiger partial charge is 0.481 e. The summed E-state index contributed by atoms with van der Waals surface area (Å²) in [4.78, 5) is 11.3. The normalized spacial score (nSPS) is 27.7. The van der Waals surface area contributed by atoms with Gasteiger partial charge in [0.1, 0.15) is 0 Å². The van der Waals surface area contributed by atoms with E-state index in [-0.39, 0.29) is 24.4 Å². The molecule has 1 saturated carbocycles. The molecule has 1 aliphatic rings. The maximum atomic E-state index is 12.9. The van der Waals surface area contributed by atoms with Crippen LogP contribution in [0.1, 0.15) is 24.0 Å². The monoisotopic (exact) mass is 259 g/mol. The van der Waals surface area contributed by atoms with Crippen LogP contribution in [0.2, 0.25) is 0 Å². The molecule has 1 fully saturated rings. The lowest BCUT2D eigenvalue weighted by Gasteiger charge is -2.44. The minimum absolute atomic E-state index is 0.0371. The molecule has 0 unspecified atom stereocenters. The molecule has 1 aliphatic carbocycles. The van der Waals surface area contributed by atoms with Crippen LogP contribution in [0.3, 0.4) is 0 Å². The molecular weight excluding hydrogens is 247 g/mol. The highest BCUT2D eigenvalue weighted by Gasteiger charge is 2.53. The predicted octanol–water partition coefficient (Wildman–Crippen LogP) is 2.15. The molecule has 0 atom stereocenters. The minimum atomic E-state index is -4.56.